The molecule has 26 heavy (non-hydrogen) atoms. The molecule has 8 heteroatoms. The van der Waals surface area contributed by atoms with Crippen molar-refractivity contribution in [3.63, 3.8) is 0 Å². The third-order valence-electron chi connectivity index (χ3n) is 3.67. The Morgan fingerprint density at radius 2 is 2.08 bits per heavy atom. The van der Waals surface area contributed by atoms with Gasteiger partial charge in [-0.05, 0) is 44.5 Å². The van der Waals surface area contributed by atoms with Crippen molar-refractivity contribution in [2.45, 2.75) is 27.4 Å². The highest BCUT2D eigenvalue weighted by Gasteiger charge is 2.12. The zero-order valence-corrected chi connectivity index (χ0v) is 15.0. The summed E-state index contributed by atoms with van der Waals surface area (Å²) in [7, 11) is 1.80. The van der Waals surface area contributed by atoms with Crippen LogP contribution < -0.4 is 14.8 Å². The van der Waals surface area contributed by atoms with Gasteiger partial charge in [-0.25, -0.2) is 0 Å². The van der Waals surface area contributed by atoms with Crippen LogP contribution in [0.1, 0.15) is 23.9 Å². The SMILES string of the molecule is CCOc1cc(/C=C/C(=O)Nc2c(C)nn(C)c2C)ccc1OC(F)F. The number of aryl methyl sites for hydroxylation is 2. The first-order valence-corrected chi connectivity index (χ1v) is 8.02. The van der Waals surface area contributed by atoms with Gasteiger partial charge in [0.25, 0.3) is 0 Å². The van der Waals surface area contributed by atoms with E-state index in [0.717, 1.165) is 11.4 Å². The molecule has 0 aliphatic heterocycles. The molecule has 0 aliphatic carbocycles. The number of ether oxygens (including phenoxy) is 2. The molecule has 0 spiro atoms. The van der Waals surface area contributed by atoms with Crippen LogP contribution in [0.2, 0.25) is 0 Å². The fourth-order valence-corrected chi connectivity index (χ4v) is 2.38. The predicted molar refractivity (Wildman–Crippen MR) is 94.6 cm³/mol. The summed E-state index contributed by atoms with van der Waals surface area (Å²) in [6, 6.07) is 4.47. The number of carbonyl (C=O) groups is 1. The molecular formula is C18H21F2N3O3. The highest BCUT2D eigenvalue weighted by Crippen LogP contribution is 2.30. The average molecular weight is 365 g/mol. The molecule has 0 unspecified atom stereocenters. The number of nitrogens with one attached hydrogen (secondary N) is 1. The molecule has 0 atom stereocenters. The fourth-order valence-electron chi connectivity index (χ4n) is 2.38. The third-order valence-corrected chi connectivity index (χ3v) is 3.67. The highest BCUT2D eigenvalue weighted by atomic mass is 19.3. The Kier molecular flexibility index (Phi) is 6.32. The maximum absolute atomic E-state index is 12.4. The number of carbonyl (C=O) groups excluding carboxylic acids is 1. The Hall–Kier alpha value is -2.90. The van der Waals surface area contributed by atoms with Crippen LogP contribution in [0.3, 0.4) is 0 Å². The molecule has 0 aliphatic rings. The number of nitrogens with zero attached hydrogens (tertiary/aromatic N) is 2. The van der Waals surface area contributed by atoms with Gasteiger partial charge in [-0.15, -0.1) is 0 Å². The molecule has 1 N–H and O–H groups in total. The first-order valence-electron chi connectivity index (χ1n) is 8.02. The van der Waals surface area contributed by atoms with E-state index in [1.807, 2.05) is 13.8 Å². The van der Waals surface area contributed by atoms with Crippen LogP contribution in [0, 0.1) is 13.8 Å². The van der Waals surface area contributed by atoms with E-state index in [-0.39, 0.29) is 17.4 Å². The first kappa shape index (κ1) is 19.4. The topological polar surface area (TPSA) is 65.4 Å². The van der Waals surface area contributed by atoms with Crippen molar-refractivity contribution in [2.75, 3.05) is 11.9 Å². The van der Waals surface area contributed by atoms with Gasteiger partial charge < -0.3 is 14.8 Å². The number of aromatic nitrogens is 2. The lowest BCUT2D eigenvalue weighted by Gasteiger charge is -2.11. The molecule has 0 fully saturated rings. The minimum atomic E-state index is -2.94. The largest absolute Gasteiger partial charge is 0.490 e. The van der Waals surface area contributed by atoms with E-state index in [1.54, 1.807) is 30.8 Å². The summed E-state index contributed by atoms with van der Waals surface area (Å²) in [4.78, 5) is 12.1. The number of alkyl halides is 2. The van der Waals surface area contributed by atoms with E-state index in [4.69, 9.17) is 4.74 Å². The quantitative estimate of drug-likeness (QED) is 0.760. The Morgan fingerprint density at radius 3 is 2.65 bits per heavy atom. The zero-order valence-electron chi connectivity index (χ0n) is 15.0. The van der Waals surface area contributed by atoms with Gasteiger partial charge in [-0.1, -0.05) is 6.07 Å². The molecule has 6 nitrogen and oxygen atoms in total. The summed E-state index contributed by atoms with van der Waals surface area (Å²) in [5.41, 5.74) is 2.85. The lowest BCUT2D eigenvalue weighted by molar-refractivity contribution is -0.111. The summed E-state index contributed by atoms with van der Waals surface area (Å²) >= 11 is 0. The molecule has 1 aromatic carbocycles. The number of hydrogen-bond donors (Lipinski definition) is 1. The summed E-state index contributed by atoms with van der Waals surface area (Å²) in [5.74, 6) is -0.186. The number of amides is 1. The van der Waals surface area contributed by atoms with Crippen LogP contribution >= 0.6 is 0 Å². The van der Waals surface area contributed by atoms with Gasteiger partial charge >= 0.3 is 6.61 Å². The molecule has 2 rings (SSSR count). The van der Waals surface area contributed by atoms with Crippen molar-refractivity contribution in [3.05, 3.63) is 41.2 Å². The maximum Gasteiger partial charge on any atom is 0.387 e. The summed E-state index contributed by atoms with van der Waals surface area (Å²) in [5, 5.41) is 7.02. The fraction of sp³-hybridized carbons (Fsp3) is 0.333. The van der Waals surface area contributed by atoms with E-state index in [0.29, 0.717) is 17.9 Å². The monoisotopic (exact) mass is 365 g/mol. The molecule has 2 aromatic rings. The molecule has 1 amide bonds. The Balaban J connectivity index is 2.13. The van der Waals surface area contributed by atoms with Crippen LogP contribution in [0.25, 0.3) is 6.08 Å². The second-order valence-electron chi connectivity index (χ2n) is 5.51. The van der Waals surface area contributed by atoms with Crippen molar-refractivity contribution in [2.24, 2.45) is 7.05 Å². The maximum atomic E-state index is 12.4. The van der Waals surface area contributed by atoms with Gasteiger partial charge in [0.1, 0.15) is 0 Å². The summed E-state index contributed by atoms with van der Waals surface area (Å²) < 4.78 is 36.2. The van der Waals surface area contributed by atoms with E-state index < -0.39 is 6.61 Å². The average Bonchev–Trinajstić information content (AvgIpc) is 2.81. The number of anilines is 1. The zero-order chi connectivity index (χ0) is 19.3. The van der Waals surface area contributed by atoms with Crippen molar-refractivity contribution in [1.29, 1.82) is 0 Å². The second-order valence-corrected chi connectivity index (χ2v) is 5.51. The van der Waals surface area contributed by atoms with Crippen LogP contribution in [-0.2, 0) is 11.8 Å². The van der Waals surface area contributed by atoms with Crippen LogP contribution in [-0.4, -0.2) is 28.9 Å². The third kappa shape index (κ3) is 4.81. The lowest BCUT2D eigenvalue weighted by Crippen LogP contribution is -2.09. The Labute approximate surface area is 150 Å². The summed E-state index contributed by atoms with van der Waals surface area (Å²) in [6.45, 7) is 2.76. The van der Waals surface area contributed by atoms with Crippen molar-refractivity contribution in [1.82, 2.24) is 9.78 Å². The van der Waals surface area contributed by atoms with Crippen LogP contribution in [0.4, 0.5) is 14.5 Å². The molecule has 1 heterocycles. The van der Waals surface area contributed by atoms with Gasteiger partial charge in [-0.2, -0.15) is 13.9 Å². The minimum Gasteiger partial charge on any atom is -0.490 e. The van der Waals surface area contributed by atoms with Gasteiger partial charge in [0.15, 0.2) is 11.5 Å². The molecular weight excluding hydrogens is 344 g/mol. The van der Waals surface area contributed by atoms with Gasteiger partial charge in [0, 0.05) is 13.1 Å². The standard InChI is InChI=1S/C18H21F2N3O3/c1-5-25-15-10-13(6-8-14(15)26-18(19)20)7-9-16(24)21-17-11(2)22-23(4)12(17)3/h6-10,18H,5H2,1-4H3,(H,21,24)/b9-7+. The smallest absolute Gasteiger partial charge is 0.387 e. The van der Waals surface area contributed by atoms with E-state index >= 15 is 0 Å². The van der Waals surface area contributed by atoms with E-state index in [2.05, 4.69) is 15.2 Å². The second kappa shape index (κ2) is 8.46. The van der Waals surface area contributed by atoms with Crippen LogP contribution in [0.5, 0.6) is 11.5 Å². The molecule has 1 aromatic heterocycles. The number of rotatable bonds is 7. The van der Waals surface area contributed by atoms with Crippen molar-refractivity contribution < 1.29 is 23.0 Å². The van der Waals surface area contributed by atoms with Crippen molar-refractivity contribution in [3.8, 4) is 11.5 Å². The predicted octanol–water partition coefficient (Wildman–Crippen LogP) is 3.69. The highest BCUT2D eigenvalue weighted by molar-refractivity contribution is 6.02. The first-order chi connectivity index (χ1) is 12.3. The van der Waals surface area contributed by atoms with Gasteiger partial charge in [0.2, 0.25) is 5.91 Å². The molecule has 0 saturated carbocycles. The number of halogens is 2. The Morgan fingerprint density at radius 1 is 1.35 bits per heavy atom. The normalized spacial score (nSPS) is 11.2. The van der Waals surface area contributed by atoms with Crippen molar-refractivity contribution >= 4 is 17.7 Å². The molecule has 0 saturated heterocycles. The van der Waals surface area contributed by atoms with Gasteiger partial charge in [-0.3, -0.25) is 9.48 Å². The number of hydrogen-bond acceptors (Lipinski definition) is 4. The van der Waals surface area contributed by atoms with E-state index in [9.17, 15) is 13.6 Å². The Bertz CT molecular complexity index is 816. The van der Waals surface area contributed by atoms with E-state index in [1.165, 1.54) is 18.2 Å². The number of benzene rings is 1. The lowest BCUT2D eigenvalue weighted by atomic mass is 10.2. The minimum absolute atomic E-state index is 0.0509. The van der Waals surface area contributed by atoms with Crippen LogP contribution in [0.15, 0.2) is 24.3 Å². The molecule has 140 valence electrons. The molecule has 0 bridgehead atoms. The summed E-state index contributed by atoms with van der Waals surface area (Å²) in [6.07, 6.45) is 2.91. The molecule has 0 radical (unpaired) electrons. The van der Waals surface area contributed by atoms with Gasteiger partial charge in [0.05, 0.1) is 23.7 Å².